The van der Waals surface area contributed by atoms with Gasteiger partial charge in [-0.3, -0.25) is 9.69 Å². The summed E-state index contributed by atoms with van der Waals surface area (Å²) in [6, 6.07) is 6.72. The second-order valence-electron chi connectivity index (χ2n) is 5.25. The Kier molecular flexibility index (Phi) is 6.63. The number of halogens is 1. The molecular weight excluding hydrogens is 271 g/mol. The Bertz CT molecular complexity index is 448. The van der Waals surface area contributed by atoms with Crippen LogP contribution in [0.2, 0.25) is 0 Å². The van der Waals surface area contributed by atoms with Crippen LogP contribution in [0.3, 0.4) is 0 Å². The van der Waals surface area contributed by atoms with Gasteiger partial charge in [0.1, 0.15) is 5.82 Å². The molecule has 5 heteroatoms. The number of nitrogens with one attached hydrogen (secondary N) is 1. The van der Waals surface area contributed by atoms with Crippen molar-refractivity contribution >= 4 is 5.91 Å². The summed E-state index contributed by atoms with van der Waals surface area (Å²) in [4.78, 5) is 14.0. The summed E-state index contributed by atoms with van der Waals surface area (Å²) in [7, 11) is 0. The summed E-state index contributed by atoms with van der Waals surface area (Å²) >= 11 is 0. The zero-order chi connectivity index (χ0) is 14.9. The quantitative estimate of drug-likeness (QED) is 0.830. The Labute approximate surface area is 125 Å². The van der Waals surface area contributed by atoms with E-state index in [4.69, 9.17) is 4.74 Å². The van der Waals surface area contributed by atoms with Gasteiger partial charge in [0.2, 0.25) is 5.91 Å². The van der Waals surface area contributed by atoms with E-state index in [9.17, 15) is 9.18 Å². The summed E-state index contributed by atoms with van der Waals surface area (Å²) in [5.41, 5.74) is 0.679. The molecule has 0 bridgehead atoms. The van der Waals surface area contributed by atoms with Gasteiger partial charge in [-0.05, 0) is 24.5 Å². The molecule has 1 aromatic carbocycles. The van der Waals surface area contributed by atoms with Crippen molar-refractivity contribution in [3.05, 3.63) is 35.6 Å². The van der Waals surface area contributed by atoms with Crippen LogP contribution in [0.5, 0.6) is 0 Å². The van der Waals surface area contributed by atoms with Crippen molar-refractivity contribution in [2.45, 2.75) is 19.3 Å². The maximum atomic E-state index is 13.4. The number of amides is 1. The van der Waals surface area contributed by atoms with Crippen LogP contribution in [-0.4, -0.2) is 50.2 Å². The third-order valence-electron chi connectivity index (χ3n) is 3.66. The third kappa shape index (κ3) is 5.81. The number of hydrogen-bond donors (Lipinski definition) is 1. The number of nitrogens with zero attached hydrogens (tertiary/aromatic N) is 1. The number of benzene rings is 1. The van der Waals surface area contributed by atoms with Gasteiger partial charge in [-0.2, -0.15) is 0 Å². The summed E-state index contributed by atoms with van der Waals surface area (Å²) < 4.78 is 18.7. The van der Waals surface area contributed by atoms with Gasteiger partial charge in [0.25, 0.3) is 0 Å². The number of carbonyl (C=O) groups excluding carboxylic acids is 1. The Morgan fingerprint density at radius 2 is 2.05 bits per heavy atom. The van der Waals surface area contributed by atoms with Crippen molar-refractivity contribution < 1.29 is 13.9 Å². The molecule has 0 saturated carbocycles. The Hall–Kier alpha value is -1.46. The molecule has 1 amide bonds. The lowest BCUT2D eigenvalue weighted by molar-refractivity contribution is -0.121. The average molecular weight is 294 g/mol. The van der Waals surface area contributed by atoms with Crippen LogP contribution < -0.4 is 5.32 Å². The van der Waals surface area contributed by atoms with E-state index in [-0.39, 0.29) is 11.7 Å². The molecule has 21 heavy (non-hydrogen) atoms. The summed E-state index contributed by atoms with van der Waals surface area (Å²) in [5, 5.41) is 2.92. The van der Waals surface area contributed by atoms with Gasteiger partial charge in [0, 0.05) is 32.6 Å². The van der Waals surface area contributed by atoms with E-state index >= 15 is 0 Å². The molecule has 0 unspecified atom stereocenters. The molecule has 1 aliphatic rings. The van der Waals surface area contributed by atoms with Gasteiger partial charge in [-0.15, -0.1) is 0 Å². The van der Waals surface area contributed by atoms with Crippen molar-refractivity contribution in [3.63, 3.8) is 0 Å². The molecule has 1 heterocycles. The second-order valence-corrected chi connectivity index (χ2v) is 5.25. The smallest absolute Gasteiger partial charge is 0.220 e. The van der Waals surface area contributed by atoms with E-state index in [0.717, 1.165) is 32.8 Å². The van der Waals surface area contributed by atoms with Gasteiger partial charge in [0.05, 0.1) is 13.2 Å². The molecule has 0 spiro atoms. The van der Waals surface area contributed by atoms with E-state index in [1.54, 1.807) is 12.1 Å². The van der Waals surface area contributed by atoms with Crippen molar-refractivity contribution in [3.8, 4) is 0 Å². The number of rotatable bonds is 7. The lowest BCUT2D eigenvalue weighted by atomic mass is 10.1. The van der Waals surface area contributed by atoms with Crippen LogP contribution >= 0.6 is 0 Å². The molecule has 116 valence electrons. The van der Waals surface area contributed by atoms with Gasteiger partial charge in [-0.25, -0.2) is 4.39 Å². The molecule has 0 radical (unpaired) electrons. The fourth-order valence-corrected chi connectivity index (χ4v) is 2.41. The molecule has 1 fully saturated rings. The Morgan fingerprint density at radius 3 is 2.81 bits per heavy atom. The maximum absolute atomic E-state index is 13.4. The molecule has 1 saturated heterocycles. The highest BCUT2D eigenvalue weighted by atomic mass is 19.1. The van der Waals surface area contributed by atoms with Crippen LogP contribution in [0.1, 0.15) is 18.4 Å². The first-order valence-corrected chi connectivity index (χ1v) is 7.56. The van der Waals surface area contributed by atoms with E-state index in [0.29, 0.717) is 31.4 Å². The minimum atomic E-state index is -0.190. The molecule has 1 aromatic rings. The number of carbonyl (C=O) groups is 1. The molecule has 1 aliphatic heterocycles. The van der Waals surface area contributed by atoms with Crippen molar-refractivity contribution in [2.24, 2.45) is 0 Å². The number of morpholine rings is 1. The first-order chi connectivity index (χ1) is 10.3. The molecule has 0 atom stereocenters. The zero-order valence-electron chi connectivity index (χ0n) is 12.3. The predicted octanol–water partition coefficient (Wildman–Crippen LogP) is 1.60. The van der Waals surface area contributed by atoms with Crippen LogP contribution in [0.4, 0.5) is 4.39 Å². The monoisotopic (exact) mass is 294 g/mol. The molecule has 1 N–H and O–H groups in total. The standard InChI is InChI=1S/C16H23FN2O2/c17-15-6-2-1-4-14(15)5-3-7-16(20)18-8-9-19-10-12-21-13-11-19/h1-2,4,6H,3,5,7-13H2,(H,18,20). The highest BCUT2D eigenvalue weighted by molar-refractivity contribution is 5.75. The van der Waals surface area contributed by atoms with Crippen molar-refractivity contribution in [1.29, 1.82) is 0 Å². The van der Waals surface area contributed by atoms with Crippen LogP contribution in [0.15, 0.2) is 24.3 Å². The number of aryl methyl sites for hydroxylation is 1. The van der Waals surface area contributed by atoms with E-state index < -0.39 is 0 Å². The molecule has 2 rings (SSSR count). The minimum Gasteiger partial charge on any atom is -0.379 e. The molecule has 0 aromatic heterocycles. The lowest BCUT2D eigenvalue weighted by Gasteiger charge is -2.26. The summed E-state index contributed by atoms with van der Waals surface area (Å²) in [5.74, 6) is -0.148. The minimum absolute atomic E-state index is 0.0413. The van der Waals surface area contributed by atoms with Gasteiger partial charge < -0.3 is 10.1 Å². The van der Waals surface area contributed by atoms with Crippen LogP contribution in [0, 0.1) is 5.82 Å². The summed E-state index contributed by atoms with van der Waals surface area (Å²) in [6.07, 6.45) is 1.71. The first kappa shape index (κ1) is 15.9. The zero-order valence-corrected chi connectivity index (χ0v) is 12.3. The van der Waals surface area contributed by atoms with Crippen molar-refractivity contribution in [2.75, 3.05) is 39.4 Å². The fourth-order valence-electron chi connectivity index (χ4n) is 2.41. The third-order valence-corrected chi connectivity index (χ3v) is 3.66. The number of ether oxygens (including phenoxy) is 1. The fraction of sp³-hybridized carbons (Fsp3) is 0.562. The van der Waals surface area contributed by atoms with Gasteiger partial charge in [-0.1, -0.05) is 18.2 Å². The average Bonchev–Trinajstić information content (AvgIpc) is 2.50. The first-order valence-electron chi connectivity index (χ1n) is 7.56. The Balaban J connectivity index is 1.56. The van der Waals surface area contributed by atoms with Crippen LogP contribution in [-0.2, 0) is 16.0 Å². The van der Waals surface area contributed by atoms with Gasteiger partial charge in [0.15, 0.2) is 0 Å². The van der Waals surface area contributed by atoms with E-state index in [1.165, 1.54) is 6.07 Å². The normalized spacial score (nSPS) is 15.9. The van der Waals surface area contributed by atoms with Gasteiger partial charge >= 0.3 is 0 Å². The maximum Gasteiger partial charge on any atom is 0.220 e. The topological polar surface area (TPSA) is 41.6 Å². The van der Waals surface area contributed by atoms with E-state index in [1.807, 2.05) is 6.07 Å². The predicted molar refractivity (Wildman–Crippen MR) is 79.6 cm³/mol. The van der Waals surface area contributed by atoms with E-state index in [2.05, 4.69) is 10.2 Å². The molecule has 0 aliphatic carbocycles. The Morgan fingerprint density at radius 1 is 1.29 bits per heavy atom. The van der Waals surface area contributed by atoms with Crippen LogP contribution in [0.25, 0.3) is 0 Å². The second kappa shape index (κ2) is 8.74. The molecule has 4 nitrogen and oxygen atoms in total. The van der Waals surface area contributed by atoms with Crippen molar-refractivity contribution in [1.82, 2.24) is 10.2 Å². The summed E-state index contributed by atoms with van der Waals surface area (Å²) in [6.45, 7) is 4.94. The highest BCUT2D eigenvalue weighted by Gasteiger charge is 2.10. The molecular formula is C16H23FN2O2. The lowest BCUT2D eigenvalue weighted by Crippen LogP contribution is -2.41. The SMILES string of the molecule is O=C(CCCc1ccccc1F)NCCN1CCOCC1. The highest BCUT2D eigenvalue weighted by Crippen LogP contribution is 2.09. The largest absolute Gasteiger partial charge is 0.379 e. The number of hydrogen-bond acceptors (Lipinski definition) is 3.